The van der Waals surface area contributed by atoms with Crippen LogP contribution in [0.25, 0.3) is 0 Å². The summed E-state index contributed by atoms with van der Waals surface area (Å²) in [6.07, 6.45) is 1.41. The molecule has 1 heterocycles. The highest BCUT2D eigenvalue weighted by Gasteiger charge is 2.33. The van der Waals surface area contributed by atoms with Crippen molar-refractivity contribution in [3.05, 3.63) is 24.3 Å². The smallest absolute Gasteiger partial charge is 0.243 e. The van der Waals surface area contributed by atoms with E-state index in [1.165, 1.54) is 4.31 Å². The largest absolute Gasteiger partial charge is 0.497 e. The van der Waals surface area contributed by atoms with Crippen LogP contribution >= 0.6 is 0 Å². The quantitative estimate of drug-likeness (QED) is 0.905. The lowest BCUT2D eigenvalue weighted by Crippen LogP contribution is -2.48. The number of benzene rings is 1. The first-order valence-corrected chi connectivity index (χ1v) is 7.80. The SMILES string of the molecule is COc1ccc(S(=O)(=O)N2CCC(N)CC2C)cc1. The number of rotatable bonds is 3. The van der Waals surface area contributed by atoms with Crippen LogP contribution in [0.4, 0.5) is 0 Å². The lowest BCUT2D eigenvalue weighted by atomic mass is 10.0. The van der Waals surface area contributed by atoms with Gasteiger partial charge in [0.15, 0.2) is 0 Å². The predicted molar refractivity (Wildman–Crippen MR) is 73.6 cm³/mol. The molecule has 1 saturated heterocycles. The van der Waals surface area contributed by atoms with Crippen LogP contribution in [0.3, 0.4) is 0 Å². The number of piperidine rings is 1. The van der Waals surface area contributed by atoms with Crippen LogP contribution in [0.15, 0.2) is 29.2 Å². The normalized spacial score (nSPS) is 25.2. The number of sulfonamides is 1. The van der Waals surface area contributed by atoms with Crippen LogP contribution in [0.2, 0.25) is 0 Å². The molecular weight excluding hydrogens is 264 g/mol. The number of ether oxygens (including phenoxy) is 1. The van der Waals surface area contributed by atoms with E-state index in [1.807, 2.05) is 6.92 Å². The number of methoxy groups -OCH3 is 1. The standard InChI is InChI=1S/C13H20N2O3S/c1-10-9-11(14)7-8-15(10)19(16,17)13-5-3-12(18-2)4-6-13/h3-6,10-11H,7-9,14H2,1-2H3. The van der Waals surface area contributed by atoms with Crippen molar-refractivity contribution in [2.45, 2.75) is 36.7 Å². The molecular formula is C13H20N2O3S. The molecule has 6 heteroatoms. The van der Waals surface area contributed by atoms with Gasteiger partial charge in [-0.3, -0.25) is 0 Å². The van der Waals surface area contributed by atoms with Gasteiger partial charge >= 0.3 is 0 Å². The maximum absolute atomic E-state index is 12.5. The van der Waals surface area contributed by atoms with Gasteiger partial charge in [0.05, 0.1) is 12.0 Å². The van der Waals surface area contributed by atoms with Gasteiger partial charge in [0.1, 0.15) is 5.75 Å². The fourth-order valence-electron chi connectivity index (χ4n) is 2.43. The summed E-state index contributed by atoms with van der Waals surface area (Å²) in [4.78, 5) is 0.302. The third kappa shape index (κ3) is 2.91. The zero-order chi connectivity index (χ0) is 14.0. The molecule has 0 saturated carbocycles. The van der Waals surface area contributed by atoms with E-state index in [1.54, 1.807) is 31.4 Å². The second kappa shape index (κ2) is 5.48. The molecule has 2 atom stereocenters. The van der Waals surface area contributed by atoms with Gasteiger partial charge in [-0.2, -0.15) is 4.31 Å². The molecule has 0 bridgehead atoms. The first-order chi connectivity index (χ1) is 8.95. The van der Waals surface area contributed by atoms with Gasteiger partial charge in [-0.05, 0) is 44.0 Å². The fourth-order valence-corrected chi connectivity index (χ4v) is 4.08. The summed E-state index contributed by atoms with van der Waals surface area (Å²) in [5.41, 5.74) is 5.87. The predicted octanol–water partition coefficient (Wildman–Crippen LogP) is 1.20. The minimum atomic E-state index is -3.44. The van der Waals surface area contributed by atoms with Crippen molar-refractivity contribution < 1.29 is 13.2 Å². The van der Waals surface area contributed by atoms with Gasteiger partial charge in [-0.15, -0.1) is 0 Å². The molecule has 0 aromatic heterocycles. The summed E-state index contributed by atoms with van der Waals surface area (Å²) in [6, 6.07) is 6.51. The van der Waals surface area contributed by atoms with Crippen molar-refractivity contribution in [1.29, 1.82) is 0 Å². The minimum Gasteiger partial charge on any atom is -0.497 e. The lowest BCUT2D eigenvalue weighted by molar-refractivity contribution is 0.247. The Balaban J connectivity index is 2.26. The third-order valence-corrected chi connectivity index (χ3v) is 5.55. The Labute approximate surface area is 114 Å². The average molecular weight is 284 g/mol. The van der Waals surface area contributed by atoms with Crippen LogP contribution in [0, 0.1) is 0 Å². The molecule has 0 aliphatic carbocycles. The molecule has 1 aliphatic rings. The molecule has 2 rings (SSSR count). The van der Waals surface area contributed by atoms with E-state index < -0.39 is 10.0 Å². The lowest BCUT2D eigenvalue weighted by Gasteiger charge is -2.35. The van der Waals surface area contributed by atoms with Crippen LogP contribution in [0.1, 0.15) is 19.8 Å². The molecule has 0 radical (unpaired) electrons. The van der Waals surface area contributed by atoms with Gasteiger partial charge in [-0.1, -0.05) is 0 Å². The van der Waals surface area contributed by atoms with Gasteiger partial charge in [0.2, 0.25) is 10.0 Å². The van der Waals surface area contributed by atoms with Crippen molar-refractivity contribution in [3.8, 4) is 5.75 Å². The molecule has 1 aliphatic heterocycles. The maximum atomic E-state index is 12.5. The molecule has 2 N–H and O–H groups in total. The third-order valence-electron chi connectivity index (χ3n) is 3.52. The molecule has 106 valence electrons. The first-order valence-electron chi connectivity index (χ1n) is 6.36. The highest BCUT2D eigenvalue weighted by Crippen LogP contribution is 2.25. The number of hydrogen-bond donors (Lipinski definition) is 1. The topological polar surface area (TPSA) is 72.6 Å². The Morgan fingerprint density at radius 3 is 2.47 bits per heavy atom. The monoisotopic (exact) mass is 284 g/mol. The van der Waals surface area contributed by atoms with Crippen molar-refractivity contribution >= 4 is 10.0 Å². The Hall–Kier alpha value is -1.11. The molecule has 0 amide bonds. The van der Waals surface area contributed by atoms with E-state index >= 15 is 0 Å². The van der Waals surface area contributed by atoms with Gasteiger partial charge < -0.3 is 10.5 Å². The molecule has 0 spiro atoms. The summed E-state index contributed by atoms with van der Waals surface area (Å²) in [7, 11) is -1.88. The molecule has 2 unspecified atom stereocenters. The highest BCUT2D eigenvalue weighted by molar-refractivity contribution is 7.89. The van der Waals surface area contributed by atoms with Gasteiger partial charge in [0.25, 0.3) is 0 Å². The number of nitrogens with zero attached hydrogens (tertiary/aromatic N) is 1. The highest BCUT2D eigenvalue weighted by atomic mass is 32.2. The number of hydrogen-bond acceptors (Lipinski definition) is 4. The summed E-state index contributed by atoms with van der Waals surface area (Å²) < 4.78 is 31.7. The van der Waals surface area contributed by atoms with E-state index in [4.69, 9.17) is 10.5 Å². The Morgan fingerprint density at radius 1 is 1.32 bits per heavy atom. The van der Waals surface area contributed by atoms with Gasteiger partial charge in [0, 0.05) is 18.6 Å². The van der Waals surface area contributed by atoms with Crippen LogP contribution in [-0.4, -0.2) is 38.5 Å². The molecule has 1 fully saturated rings. The number of nitrogens with two attached hydrogens (primary N) is 1. The van der Waals surface area contributed by atoms with E-state index in [2.05, 4.69) is 0 Å². The van der Waals surface area contributed by atoms with Crippen molar-refractivity contribution in [1.82, 2.24) is 4.31 Å². The van der Waals surface area contributed by atoms with Crippen LogP contribution < -0.4 is 10.5 Å². The Bertz CT molecular complexity index is 527. The van der Waals surface area contributed by atoms with Crippen molar-refractivity contribution in [3.63, 3.8) is 0 Å². The van der Waals surface area contributed by atoms with Gasteiger partial charge in [-0.25, -0.2) is 8.42 Å². The first kappa shape index (κ1) is 14.3. The summed E-state index contributed by atoms with van der Waals surface area (Å²) in [5.74, 6) is 0.646. The average Bonchev–Trinajstić information content (AvgIpc) is 2.38. The zero-order valence-electron chi connectivity index (χ0n) is 11.2. The van der Waals surface area contributed by atoms with Crippen LogP contribution in [-0.2, 0) is 10.0 Å². The Kier molecular flexibility index (Phi) is 4.13. The van der Waals surface area contributed by atoms with E-state index in [-0.39, 0.29) is 12.1 Å². The van der Waals surface area contributed by atoms with E-state index in [9.17, 15) is 8.42 Å². The summed E-state index contributed by atoms with van der Waals surface area (Å²) in [6.45, 7) is 2.39. The van der Waals surface area contributed by atoms with Crippen molar-refractivity contribution in [2.75, 3.05) is 13.7 Å². The fraction of sp³-hybridized carbons (Fsp3) is 0.538. The second-order valence-corrected chi connectivity index (χ2v) is 6.82. The van der Waals surface area contributed by atoms with Crippen molar-refractivity contribution in [2.24, 2.45) is 5.73 Å². The molecule has 1 aromatic carbocycles. The molecule has 5 nitrogen and oxygen atoms in total. The molecule has 19 heavy (non-hydrogen) atoms. The maximum Gasteiger partial charge on any atom is 0.243 e. The molecule has 1 aromatic rings. The second-order valence-electron chi connectivity index (χ2n) is 4.92. The minimum absolute atomic E-state index is 0.0594. The summed E-state index contributed by atoms with van der Waals surface area (Å²) in [5, 5.41) is 0. The van der Waals surface area contributed by atoms with E-state index in [0.717, 1.165) is 0 Å². The summed E-state index contributed by atoms with van der Waals surface area (Å²) >= 11 is 0. The zero-order valence-corrected chi connectivity index (χ0v) is 12.1. The van der Waals surface area contributed by atoms with Crippen LogP contribution in [0.5, 0.6) is 5.75 Å². The Morgan fingerprint density at radius 2 is 1.95 bits per heavy atom. The van der Waals surface area contributed by atoms with E-state index in [0.29, 0.717) is 30.0 Å².